The molecule has 1 aliphatic heterocycles. The van der Waals surface area contributed by atoms with Crippen LogP contribution in [0.4, 0.5) is 0 Å². The van der Waals surface area contributed by atoms with Gasteiger partial charge in [0.1, 0.15) is 0 Å². The number of nitrogens with one attached hydrogen (secondary N) is 1. The molecule has 1 saturated heterocycles. The summed E-state index contributed by atoms with van der Waals surface area (Å²) in [5.74, 6) is 1.07. The number of nitrogens with zero attached hydrogens (tertiary/aromatic N) is 4. The number of carbonyl (C=O) groups excluding carboxylic acids is 2. The van der Waals surface area contributed by atoms with E-state index in [4.69, 9.17) is 4.52 Å². The number of carbonyl (C=O) groups is 2. The summed E-state index contributed by atoms with van der Waals surface area (Å²) >= 11 is 1.55. The third-order valence-electron chi connectivity index (χ3n) is 5.69. The Hall–Kier alpha value is -3.04. The molecule has 2 amide bonds. The summed E-state index contributed by atoms with van der Waals surface area (Å²) in [7, 11) is 0. The largest absolute Gasteiger partial charge is 0.348 e. The van der Waals surface area contributed by atoms with Crippen LogP contribution in [0.5, 0.6) is 0 Å². The van der Waals surface area contributed by atoms with Crippen LogP contribution in [0.3, 0.4) is 0 Å². The summed E-state index contributed by atoms with van der Waals surface area (Å²) in [4.78, 5) is 34.2. The highest BCUT2D eigenvalue weighted by Crippen LogP contribution is 2.25. The van der Waals surface area contributed by atoms with E-state index >= 15 is 0 Å². The van der Waals surface area contributed by atoms with Crippen molar-refractivity contribution in [2.45, 2.75) is 32.4 Å². The molecular formula is C23H27N5O3S. The fourth-order valence-corrected chi connectivity index (χ4v) is 4.66. The van der Waals surface area contributed by atoms with E-state index in [9.17, 15) is 9.59 Å². The SMILES string of the molecule is CC(=O)N[C@H](CC(=O)N1CCN([C@@H](C)c2nc(-c3ccccc3)no2)CC1)c1cccs1. The van der Waals surface area contributed by atoms with Gasteiger partial charge in [0.15, 0.2) is 0 Å². The van der Waals surface area contributed by atoms with Gasteiger partial charge in [-0.25, -0.2) is 0 Å². The van der Waals surface area contributed by atoms with Gasteiger partial charge in [-0.15, -0.1) is 11.3 Å². The second kappa shape index (κ2) is 10.1. The Morgan fingerprint density at radius 3 is 2.53 bits per heavy atom. The molecule has 1 fully saturated rings. The number of hydrogen-bond acceptors (Lipinski definition) is 7. The quantitative estimate of drug-likeness (QED) is 0.590. The van der Waals surface area contributed by atoms with Gasteiger partial charge < -0.3 is 14.7 Å². The highest BCUT2D eigenvalue weighted by molar-refractivity contribution is 7.10. The average molecular weight is 454 g/mol. The molecule has 0 unspecified atom stereocenters. The van der Waals surface area contributed by atoms with Gasteiger partial charge in [-0.1, -0.05) is 41.6 Å². The molecule has 168 valence electrons. The molecule has 0 spiro atoms. The Balaban J connectivity index is 1.33. The first-order chi connectivity index (χ1) is 15.5. The van der Waals surface area contributed by atoms with Crippen LogP contribution in [0.25, 0.3) is 11.4 Å². The Morgan fingerprint density at radius 1 is 1.12 bits per heavy atom. The summed E-state index contributed by atoms with van der Waals surface area (Å²) < 4.78 is 5.52. The first kappa shape index (κ1) is 22.2. The lowest BCUT2D eigenvalue weighted by atomic mass is 10.1. The van der Waals surface area contributed by atoms with E-state index in [1.165, 1.54) is 6.92 Å². The molecule has 0 saturated carbocycles. The van der Waals surface area contributed by atoms with E-state index in [-0.39, 0.29) is 30.3 Å². The van der Waals surface area contributed by atoms with Crippen LogP contribution in [0.15, 0.2) is 52.4 Å². The van der Waals surface area contributed by atoms with Crippen molar-refractivity contribution in [1.82, 2.24) is 25.3 Å². The number of thiophene rings is 1. The molecule has 32 heavy (non-hydrogen) atoms. The lowest BCUT2D eigenvalue weighted by Crippen LogP contribution is -2.49. The summed E-state index contributed by atoms with van der Waals surface area (Å²) in [6.45, 7) is 6.22. The lowest BCUT2D eigenvalue weighted by Gasteiger charge is -2.37. The second-order valence-electron chi connectivity index (χ2n) is 7.89. The predicted octanol–water partition coefficient (Wildman–Crippen LogP) is 3.27. The Bertz CT molecular complexity index is 1030. The van der Waals surface area contributed by atoms with Gasteiger partial charge in [-0.2, -0.15) is 4.98 Å². The van der Waals surface area contributed by atoms with Gasteiger partial charge in [0.05, 0.1) is 18.5 Å². The molecule has 2 atom stereocenters. The van der Waals surface area contributed by atoms with Crippen molar-refractivity contribution in [3.63, 3.8) is 0 Å². The molecule has 3 heterocycles. The van der Waals surface area contributed by atoms with E-state index in [0.717, 1.165) is 23.5 Å². The number of amides is 2. The van der Waals surface area contributed by atoms with Gasteiger partial charge in [0.2, 0.25) is 23.5 Å². The fraction of sp³-hybridized carbons (Fsp3) is 0.391. The van der Waals surface area contributed by atoms with Crippen molar-refractivity contribution in [2.24, 2.45) is 0 Å². The zero-order valence-electron chi connectivity index (χ0n) is 18.2. The highest BCUT2D eigenvalue weighted by atomic mass is 32.1. The molecule has 2 aromatic heterocycles. The molecule has 8 nitrogen and oxygen atoms in total. The topological polar surface area (TPSA) is 91.6 Å². The Kier molecular flexibility index (Phi) is 6.96. The smallest absolute Gasteiger partial charge is 0.244 e. The summed E-state index contributed by atoms with van der Waals surface area (Å²) in [5.41, 5.74) is 0.921. The molecule has 9 heteroatoms. The van der Waals surface area contributed by atoms with Crippen LogP contribution in [-0.2, 0) is 9.59 Å². The molecular weight excluding hydrogens is 426 g/mol. The molecule has 1 aliphatic rings. The zero-order valence-corrected chi connectivity index (χ0v) is 19.0. The van der Waals surface area contributed by atoms with Gasteiger partial charge in [-0.3, -0.25) is 14.5 Å². The van der Waals surface area contributed by atoms with Crippen molar-refractivity contribution < 1.29 is 14.1 Å². The molecule has 3 aromatic rings. The van der Waals surface area contributed by atoms with Gasteiger partial charge in [0, 0.05) is 43.5 Å². The third kappa shape index (κ3) is 5.23. The number of hydrogen-bond donors (Lipinski definition) is 1. The van der Waals surface area contributed by atoms with Crippen LogP contribution in [0, 0.1) is 0 Å². The van der Waals surface area contributed by atoms with E-state index in [2.05, 4.69) is 20.4 Å². The van der Waals surface area contributed by atoms with Gasteiger partial charge in [-0.05, 0) is 18.4 Å². The number of piperazine rings is 1. The number of rotatable bonds is 7. The Labute approximate surface area is 191 Å². The van der Waals surface area contributed by atoms with Crippen LogP contribution in [0.2, 0.25) is 0 Å². The number of aromatic nitrogens is 2. The maximum absolute atomic E-state index is 12.9. The lowest BCUT2D eigenvalue weighted by molar-refractivity contribution is -0.134. The van der Waals surface area contributed by atoms with Crippen molar-refractivity contribution in [1.29, 1.82) is 0 Å². The van der Waals surface area contributed by atoms with Crippen LogP contribution in [0.1, 0.15) is 43.1 Å². The molecule has 1 aromatic carbocycles. The number of benzene rings is 1. The minimum Gasteiger partial charge on any atom is -0.348 e. The van der Waals surface area contributed by atoms with E-state index in [1.54, 1.807) is 11.3 Å². The van der Waals surface area contributed by atoms with Crippen LogP contribution >= 0.6 is 11.3 Å². The maximum atomic E-state index is 12.9. The minimum absolute atomic E-state index is 0.0320. The third-order valence-corrected chi connectivity index (χ3v) is 6.67. The zero-order chi connectivity index (χ0) is 22.5. The standard InChI is InChI=1S/C23H27N5O3S/c1-16(23-25-22(26-31-23)18-7-4-3-5-8-18)27-10-12-28(13-11-27)21(30)15-19(24-17(2)29)20-9-6-14-32-20/h3-9,14,16,19H,10-13,15H2,1-2H3,(H,24,29)/t16-,19+/m0/s1. The summed E-state index contributed by atoms with van der Waals surface area (Å²) in [5, 5.41) is 8.97. The maximum Gasteiger partial charge on any atom is 0.244 e. The molecule has 4 rings (SSSR count). The summed E-state index contributed by atoms with van der Waals surface area (Å²) in [6.07, 6.45) is 0.264. The monoisotopic (exact) mass is 453 g/mol. The van der Waals surface area contributed by atoms with E-state index < -0.39 is 0 Å². The van der Waals surface area contributed by atoms with Crippen molar-refractivity contribution in [2.75, 3.05) is 26.2 Å². The minimum atomic E-state index is -0.285. The first-order valence-electron chi connectivity index (χ1n) is 10.7. The van der Waals surface area contributed by atoms with Crippen LogP contribution < -0.4 is 5.32 Å². The second-order valence-corrected chi connectivity index (χ2v) is 8.87. The molecule has 0 radical (unpaired) electrons. The molecule has 1 N–H and O–H groups in total. The fourth-order valence-electron chi connectivity index (χ4n) is 3.89. The van der Waals surface area contributed by atoms with Gasteiger partial charge in [0.25, 0.3) is 0 Å². The van der Waals surface area contributed by atoms with Gasteiger partial charge >= 0.3 is 0 Å². The normalized spacial score (nSPS) is 16.5. The first-order valence-corrected chi connectivity index (χ1v) is 11.6. The molecule has 0 bridgehead atoms. The highest BCUT2D eigenvalue weighted by Gasteiger charge is 2.29. The van der Waals surface area contributed by atoms with E-state index in [0.29, 0.717) is 24.8 Å². The Morgan fingerprint density at radius 2 is 1.88 bits per heavy atom. The summed E-state index contributed by atoms with van der Waals surface area (Å²) in [6, 6.07) is 13.3. The molecule has 0 aliphatic carbocycles. The van der Waals surface area contributed by atoms with E-state index in [1.807, 2.05) is 59.7 Å². The predicted molar refractivity (Wildman–Crippen MR) is 122 cm³/mol. The van der Waals surface area contributed by atoms with Crippen LogP contribution in [-0.4, -0.2) is 57.9 Å². The average Bonchev–Trinajstić information content (AvgIpc) is 3.51. The van der Waals surface area contributed by atoms with Crippen molar-refractivity contribution >= 4 is 23.2 Å². The van der Waals surface area contributed by atoms with Crippen molar-refractivity contribution in [3.8, 4) is 11.4 Å². The van der Waals surface area contributed by atoms with Crippen molar-refractivity contribution in [3.05, 3.63) is 58.6 Å².